The second kappa shape index (κ2) is 4.18. The SMILES string of the molecule is O=C(Cl)c1cc(Cl)cc2c1OC1CCCCC21. The molecule has 1 aliphatic heterocycles. The molecule has 0 amide bonds. The van der Waals surface area contributed by atoms with Crippen molar-refractivity contribution in [3.63, 3.8) is 0 Å². The Hall–Kier alpha value is -0.730. The Morgan fingerprint density at radius 3 is 2.82 bits per heavy atom. The molecule has 2 unspecified atom stereocenters. The van der Waals surface area contributed by atoms with Gasteiger partial charge in [0.25, 0.3) is 5.24 Å². The number of carbonyl (C=O) groups excluding carboxylic acids is 1. The highest BCUT2D eigenvalue weighted by molar-refractivity contribution is 6.68. The standard InChI is InChI=1S/C13H12Cl2O2/c14-7-5-9-8-3-1-2-4-11(8)17-12(9)10(6-7)13(15)16/h5-6,8,11H,1-4H2. The van der Waals surface area contributed by atoms with Crippen molar-refractivity contribution in [2.24, 2.45) is 0 Å². The molecule has 0 aromatic heterocycles. The number of hydrogen-bond acceptors (Lipinski definition) is 2. The molecule has 2 nitrogen and oxygen atoms in total. The van der Waals surface area contributed by atoms with Gasteiger partial charge in [0.05, 0.1) is 5.56 Å². The fraction of sp³-hybridized carbons (Fsp3) is 0.462. The van der Waals surface area contributed by atoms with E-state index in [-0.39, 0.29) is 6.10 Å². The van der Waals surface area contributed by atoms with Gasteiger partial charge in [-0.3, -0.25) is 4.79 Å². The van der Waals surface area contributed by atoms with Crippen molar-refractivity contribution >= 4 is 28.4 Å². The lowest BCUT2D eigenvalue weighted by Gasteiger charge is -2.23. The molecule has 1 fully saturated rings. The molecule has 1 saturated carbocycles. The van der Waals surface area contributed by atoms with E-state index < -0.39 is 5.24 Å². The summed E-state index contributed by atoms with van der Waals surface area (Å²) in [7, 11) is 0. The summed E-state index contributed by atoms with van der Waals surface area (Å²) in [6, 6.07) is 3.50. The normalized spacial score (nSPS) is 26.0. The van der Waals surface area contributed by atoms with E-state index in [0.717, 1.165) is 18.4 Å². The van der Waals surface area contributed by atoms with Crippen molar-refractivity contribution in [3.05, 3.63) is 28.3 Å². The summed E-state index contributed by atoms with van der Waals surface area (Å²) < 4.78 is 5.89. The third kappa shape index (κ3) is 1.84. The first kappa shape index (κ1) is 11.4. The van der Waals surface area contributed by atoms with Crippen LogP contribution in [0.25, 0.3) is 0 Å². The summed E-state index contributed by atoms with van der Waals surface area (Å²) in [5.41, 5.74) is 1.47. The van der Waals surface area contributed by atoms with E-state index in [0.29, 0.717) is 22.3 Å². The average Bonchev–Trinajstić information content (AvgIpc) is 2.66. The zero-order valence-corrected chi connectivity index (χ0v) is 10.7. The van der Waals surface area contributed by atoms with Crippen molar-refractivity contribution < 1.29 is 9.53 Å². The maximum Gasteiger partial charge on any atom is 0.256 e. The minimum absolute atomic E-state index is 0.201. The Bertz CT molecular complexity index is 485. The molecule has 90 valence electrons. The second-order valence-corrected chi connectivity index (χ2v) is 5.47. The smallest absolute Gasteiger partial charge is 0.256 e. The van der Waals surface area contributed by atoms with Gasteiger partial charge in [0.1, 0.15) is 11.9 Å². The van der Waals surface area contributed by atoms with Crippen LogP contribution in [0.4, 0.5) is 0 Å². The van der Waals surface area contributed by atoms with Crippen LogP contribution in [0.2, 0.25) is 5.02 Å². The second-order valence-electron chi connectivity index (χ2n) is 4.69. The number of rotatable bonds is 1. The molecule has 0 bridgehead atoms. The fourth-order valence-electron chi connectivity index (χ4n) is 2.91. The van der Waals surface area contributed by atoms with Gasteiger partial charge in [-0.2, -0.15) is 0 Å². The van der Waals surface area contributed by atoms with E-state index in [1.54, 1.807) is 6.07 Å². The van der Waals surface area contributed by atoms with Crippen molar-refractivity contribution in [2.75, 3.05) is 0 Å². The van der Waals surface area contributed by atoms with Crippen LogP contribution in [-0.2, 0) is 0 Å². The molecule has 0 radical (unpaired) electrons. The molecule has 1 aromatic rings. The van der Waals surface area contributed by atoms with Crippen LogP contribution >= 0.6 is 23.2 Å². The Kier molecular flexibility index (Phi) is 2.80. The largest absolute Gasteiger partial charge is 0.489 e. The Balaban J connectivity index is 2.11. The quantitative estimate of drug-likeness (QED) is 0.717. The molecule has 1 aliphatic carbocycles. The molecule has 0 N–H and O–H groups in total. The molecule has 2 aliphatic rings. The Morgan fingerprint density at radius 1 is 1.29 bits per heavy atom. The lowest BCUT2D eigenvalue weighted by Crippen LogP contribution is -2.22. The summed E-state index contributed by atoms with van der Waals surface area (Å²) in [4.78, 5) is 11.4. The molecule has 1 aromatic carbocycles. The predicted molar refractivity (Wildman–Crippen MR) is 67.3 cm³/mol. The highest BCUT2D eigenvalue weighted by atomic mass is 35.5. The predicted octanol–water partition coefficient (Wildman–Crippen LogP) is 4.14. The van der Waals surface area contributed by atoms with Crippen LogP contribution in [-0.4, -0.2) is 11.3 Å². The summed E-state index contributed by atoms with van der Waals surface area (Å²) in [5.74, 6) is 1.04. The highest BCUT2D eigenvalue weighted by Crippen LogP contribution is 2.48. The van der Waals surface area contributed by atoms with Gasteiger partial charge >= 0.3 is 0 Å². The van der Waals surface area contributed by atoms with Crippen LogP contribution < -0.4 is 4.74 Å². The summed E-state index contributed by atoms with van der Waals surface area (Å²) in [5, 5.41) is 0.0602. The summed E-state index contributed by atoms with van der Waals surface area (Å²) >= 11 is 11.6. The molecule has 3 rings (SSSR count). The number of carbonyl (C=O) groups is 1. The topological polar surface area (TPSA) is 26.3 Å². The molecule has 0 saturated heterocycles. The maximum absolute atomic E-state index is 11.4. The number of halogens is 2. The lowest BCUT2D eigenvalue weighted by molar-refractivity contribution is 0.107. The zero-order valence-electron chi connectivity index (χ0n) is 9.21. The highest BCUT2D eigenvalue weighted by Gasteiger charge is 2.38. The molecule has 4 heteroatoms. The monoisotopic (exact) mass is 270 g/mol. The van der Waals surface area contributed by atoms with E-state index in [1.807, 2.05) is 6.07 Å². The van der Waals surface area contributed by atoms with Crippen LogP contribution in [0.5, 0.6) is 5.75 Å². The van der Waals surface area contributed by atoms with E-state index in [9.17, 15) is 4.79 Å². The average molecular weight is 271 g/mol. The van der Waals surface area contributed by atoms with E-state index in [2.05, 4.69) is 0 Å². The van der Waals surface area contributed by atoms with E-state index in [4.69, 9.17) is 27.9 Å². The Morgan fingerprint density at radius 2 is 2.06 bits per heavy atom. The van der Waals surface area contributed by atoms with Gasteiger partial charge in [-0.05, 0) is 43.0 Å². The van der Waals surface area contributed by atoms with Crippen molar-refractivity contribution in [1.82, 2.24) is 0 Å². The van der Waals surface area contributed by atoms with Crippen molar-refractivity contribution in [3.8, 4) is 5.75 Å². The van der Waals surface area contributed by atoms with Crippen LogP contribution in [0.15, 0.2) is 12.1 Å². The van der Waals surface area contributed by atoms with Gasteiger partial charge in [0.2, 0.25) is 0 Å². The van der Waals surface area contributed by atoms with Gasteiger partial charge < -0.3 is 4.74 Å². The molecule has 0 spiro atoms. The van der Waals surface area contributed by atoms with Crippen LogP contribution in [0.3, 0.4) is 0 Å². The summed E-state index contributed by atoms with van der Waals surface area (Å²) in [6.07, 6.45) is 4.75. The van der Waals surface area contributed by atoms with Crippen molar-refractivity contribution in [2.45, 2.75) is 37.7 Å². The number of ether oxygens (including phenoxy) is 1. The van der Waals surface area contributed by atoms with Gasteiger partial charge in [-0.15, -0.1) is 0 Å². The van der Waals surface area contributed by atoms with E-state index >= 15 is 0 Å². The van der Waals surface area contributed by atoms with Gasteiger partial charge in [0.15, 0.2) is 0 Å². The minimum atomic E-state index is -0.498. The first-order chi connectivity index (χ1) is 8.16. The number of benzene rings is 1. The maximum atomic E-state index is 11.4. The lowest BCUT2D eigenvalue weighted by atomic mass is 9.83. The van der Waals surface area contributed by atoms with Gasteiger partial charge in [-0.25, -0.2) is 0 Å². The molecule has 1 heterocycles. The summed E-state index contributed by atoms with van der Waals surface area (Å²) in [6.45, 7) is 0. The van der Waals surface area contributed by atoms with E-state index in [1.165, 1.54) is 12.8 Å². The fourth-order valence-corrected chi connectivity index (χ4v) is 3.28. The molecule has 17 heavy (non-hydrogen) atoms. The molecular formula is C13H12Cl2O2. The molecular weight excluding hydrogens is 259 g/mol. The number of hydrogen-bond donors (Lipinski definition) is 0. The third-order valence-electron chi connectivity index (χ3n) is 3.67. The van der Waals surface area contributed by atoms with Crippen LogP contribution in [0, 0.1) is 0 Å². The zero-order chi connectivity index (χ0) is 12.0. The first-order valence-electron chi connectivity index (χ1n) is 5.87. The first-order valence-corrected chi connectivity index (χ1v) is 6.62. The third-order valence-corrected chi connectivity index (χ3v) is 4.09. The van der Waals surface area contributed by atoms with Crippen molar-refractivity contribution in [1.29, 1.82) is 0 Å². The minimum Gasteiger partial charge on any atom is -0.489 e. The number of fused-ring (bicyclic) bond motifs is 3. The Labute approximate surface area is 110 Å². The van der Waals surface area contributed by atoms with Gasteiger partial charge in [-0.1, -0.05) is 18.0 Å². The molecule has 2 atom stereocenters. The van der Waals surface area contributed by atoms with Gasteiger partial charge in [0, 0.05) is 16.5 Å². The van der Waals surface area contributed by atoms with Crippen LogP contribution in [0.1, 0.15) is 47.5 Å².